The molecule has 2 heterocycles. The third kappa shape index (κ3) is 3.68. The second-order valence-electron chi connectivity index (χ2n) is 8.79. The van der Waals surface area contributed by atoms with Gasteiger partial charge in [-0.25, -0.2) is 9.18 Å². The van der Waals surface area contributed by atoms with Crippen LogP contribution in [0, 0.1) is 5.82 Å². The summed E-state index contributed by atoms with van der Waals surface area (Å²) in [6, 6.07) is 6.37. The molecule has 0 saturated heterocycles. The van der Waals surface area contributed by atoms with Gasteiger partial charge in [0.25, 0.3) is 11.8 Å². The number of phenols is 1. The van der Waals surface area contributed by atoms with Crippen LogP contribution in [-0.4, -0.2) is 51.5 Å². The number of fused-ring (bicyclic) bond motifs is 2. The number of benzene rings is 2. The van der Waals surface area contributed by atoms with Crippen molar-refractivity contribution in [2.24, 2.45) is 0 Å². The number of carbonyl (C=O) groups is 3. The summed E-state index contributed by atoms with van der Waals surface area (Å²) in [5.74, 6) is -2.67. The highest BCUT2D eigenvalue weighted by atomic mass is 35.5. The van der Waals surface area contributed by atoms with Gasteiger partial charge in [0.05, 0.1) is 23.7 Å². The molecule has 9 heteroatoms. The lowest BCUT2D eigenvalue weighted by molar-refractivity contribution is 0.00954. The summed E-state index contributed by atoms with van der Waals surface area (Å²) in [5.41, 5.74) is 0.229. The molecule has 0 unspecified atom stereocenters. The van der Waals surface area contributed by atoms with E-state index in [-0.39, 0.29) is 41.2 Å². The second kappa shape index (κ2) is 7.78. The Labute approximate surface area is 189 Å². The maximum atomic E-state index is 14.4. The highest BCUT2D eigenvalue weighted by Crippen LogP contribution is 2.42. The van der Waals surface area contributed by atoms with Crippen LogP contribution < -0.4 is 0 Å². The van der Waals surface area contributed by atoms with Gasteiger partial charge >= 0.3 is 6.09 Å². The van der Waals surface area contributed by atoms with Crippen LogP contribution >= 0.6 is 11.6 Å². The van der Waals surface area contributed by atoms with Crippen LogP contribution in [0.1, 0.15) is 58.7 Å². The molecule has 32 heavy (non-hydrogen) atoms. The van der Waals surface area contributed by atoms with Crippen LogP contribution in [0.5, 0.6) is 5.75 Å². The largest absolute Gasteiger partial charge is 0.505 e. The molecular weight excluding hydrogens is 439 g/mol. The number of aromatic hydroxyl groups is 1. The van der Waals surface area contributed by atoms with Crippen molar-refractivity contribution >= 4 is 29.5 Å². The maximum Gasteiger partial charge on any atom is 0.410 e. The molecule has 168 valence electrons. The summed E-state index contributed by atoms with van der Waals surface area (Å²) in [4.78, 5) is 41.1. The molecule has 0 bridgehead atoms. The molecule has 3 amide bonds. The van der Waals surface area contributed by atoms with Gasteiger partial charge in [0.1, 0.15) is 5.60 Å². The van der Waals surface area contributed by atoms with Gasteiger partial charge in [-0.05, 0) is 51.0 Å². The van der Waals surface area contributed by atoms with Crippen molar-refractivity contribution in [1.29, 1.82) is 0 Å². The zero-order valence-corrected chi connectivity index (χ0v) is 18.6. The van der Waals surface area contributed by atoms with Crippen molar-refractivity contribution in [3.8, 4) is 5.75 Å². The number of halogens is 2. The van der Waals surface area contributed by atoms with Gasteiger partial charge in [0.15, 0.2) is 11.6 Å². The maximum absolute atomic E-state index is 14.4. The highest BCUT2D eigenvalue weighted by Gasteiger charge is 2.43. The minimum absolute atomic E-state index is 0.0728. The van der Waals surface area contributed by atoms with E-state index in [9.17, 15) is 23.9 Å². The summed E-state index contributed by atoms with van der Waals surface area (Å²) >= 11 is 6.23. The molecule has 2 aliphatic heterocycles. The average Bonchev–Trinajstić information content (AvgIpc) is 2.95. The topological polar surface area (TPSA) is 87.2 Å². The van der Waals surface area contributed by atoms with Crippen molar-refractivity contribution in [2.45, 2.75) is 38.8 Å². The second-order valence-corrected chi connectivity index (χ2v) is 9.19. The molecule has 0 aliphatic carbocycles. The number of rotatable bonds is 2. The average molecular weight is 461 g/mol. The molecule has 0 saturated carbocycles. The van der Waals surface area contributed by atoms with Crippen LogP contribution in [-0.2, 0) is 11.2 Å². The first-order valence-electron chi connectivity index (χ1n) is 10.1. The third-order valence-electron chi connectivity index (χ3n) is 5.52. The van der Waals surface area contributed by atoms with Gasteiger partial charge < -0.3 is 9.84 Å². The summed E-state index contributed by atoms with van der Waals surface area (Å²) in [5, 5.41) is 10.7. The van der Waals surface area contributed by atoms with Crippen molar-refractivity contribution in [2.75, 3.05) is 13.1 Å². The van der Waals surface area contributed by atoms with Crippen molar-refractivity contribution in [3.05, 3.63) is 63.4 Å². The lowest BCUT2D eigenvalue weighted by Crippen LogP contribution is -2.48. The number of nitrogens with zero attached hydrogens (tertiary/aromatic N) is 2. The molecule has 0 fully saturated rings. The van der Waals surface area contributed by atoms with Gasteiger partial charge in [0.2, 0.25) is 0 Å². The van der Waals surface area contributed by atoms with Gasteiger partial charge in [-0.2, -0.15) is 0 Å². The van der Waals surface area contributed by atoms with E-state index >= 15 is 0 Å². The lowest BCUT2D eigenvalue weighted by atomic mass is 9.91. The van der Waals surface area contributed by atoms with E-state index in [2.05, 4.69) is 0 Å². The molecule has 2 aromatic carbocycles. The minimum atomic E-state index is -1.04. The Bertz CT molecular complexity index is 1110. The van der Waals surface area contributed by atoms with Crippen molar-refractivity contribution < 1.29 is 28.6 Å². The fraction of sp³-hybridized carbons (Fsp3) is 0.348. The molecule has 0 spiro atoms. The Kier molecular flexibility index (Phi) is 5.36. The Morgan fingerprint density at radius 1 is 1.22 bits per heavy atom. The lowest BCUT2D eigenvalue weighted by Gasteiger charge is -2.39. The number of hydrogen-bond donors (Lipinski definition) is 1. The molecule has 0 aromatic heterocycles. The molecule has 1 N–H and O–H groups in total. The molecule has 0 radical (unpaired) electrons. The van der Waals surface area contributed by atoms with E-state index in [4.69, 9.17) is 16.3 Å². The smallest absolute Gasteiger partial charge is 0.410 e. The van der Waals surface area contributed by atoms with E-state index in [0.717, 1.165) is 11.0 Å². The van der Waals surface area contributed by atoms with Crippen LogP contribution in [0.4, 0.5) is 9.18 Å². The highest BCUT2D eigenvalue weighted by molar-refractivity contribution is 6.31. The molecule has 7 nitrogen and oxygen atoms in total. The number of hydrogen-bond acceptors (Lipinski definition) is 5. The van der Waals surface area contributed by atoms with Crippen LogP contribution in [0.2, 0.25) is 5.02 Å². The van der Waals surface area contributed by atoms with E-state index in [1.54, 1.807) is 45.0 Å². The summed E-state index contributed by atoms with van der Waals surface area (Å²) in [6.07, 6.45) is -0.454. The van der Waals surface area contributed by atoms with Crippen molar-refractivity contribution in [1.82, 2.24) is 9.80 Å². The summed E-state index contributed by atoms with van der Waals surface area (Å²) in [6.45, 7) is 4.98. The van der Waals surface area contributed by atoms with E-state index in [1.807, 2.05) is 0 Å². The van der Waals surface area contributed by atoms with Gasteiger partial charge in [-0.3, -0.25) is 19.4 Å². The van der Waals surface area contributed by atoms with E-state index in [0.29, 0.717) is 5.56 Å². The van der Waals surface area contributed by atoms with Crippen LogP contribution in [0.15, 0.2) is 30.3 Å². The Morgan fingerprint density at radius 2 is 1.81 bits per heavy atom. The first kappa shape index (κ1) is 22.1. The summed E-state index contributed by atoms with van der Waals surface area (Å²) < 4.78 is 19.9. The zero-order chi connectivity index (χ0) is 23.4. The monoisotopic (exact) mass is 460 g/mol. The Hall–Kier alpha value is -3.13. The number of phenolic OH excluding ortho intramolecular Hbond substituents is 1. The number of amides is 3. The number of imide groups is 1. The molecule has 2 aromatic rings. The molecule has 4 rings (SSSR count). The first-order valence-corrected chi connectivity index (χ1v) is 10.5. The van der Waals surface area contributed by atoms with Crippen LogP contribution in [0.3, 0.4) is 0 Å². The predicted molar refractivity (Wildman–Crippen MR) is 114 cm³/mol. The zero-order valence-electron chi connectivity index (χ0n) is 17.8. The minimum Gasteiger partial charge on any atom is -0.505 e. The summed E-state index contributed by atoms with van der Waals surface area (Å²) in [7, 11) is 0. The Morgan fingerprint density at radius 3 is 2.38 bits per heavy atom. The van der Waals surface area contributed by atoms with Crippen molar-refractivity contribution in [3.63, 3.8) is 0 Å². The standard InChI is InChI=1S/C23H22ClFN2O5/c1-23(2,3)32-22(31)26-9-8-14-15(24)10-16(25)19(28)18(14)17(26)11-27-20(29)12-6-4-5-7-13(12)21(27)30/h4-7,10,17,28H,8-9,11H2,1-3H3/t17-/m1/s1. The quantitative estimate of drug-likeness (QED) is 0.674. The number of ether oxygens (including phenoxy) is 1. The fourth-order valence-electron chi connectivity index (χ4n) is 4.13. The van der Waals surface area contributed by atoms with Gasteiger partial charge in [-0.15, -0.1) is 0 Å². The number of carbonyl (C=O) groups excluding carboxylic acids is 3. The van der Waals surface area contributed by atoms with Crippen LogP contribution in [0.25, 0.3) is 0 Å². The normalized spacial score (nSPS) is 18.0. The van der Waals surface area contributed by atoms with E-state index < -0.39 is 41.1 Å². The van der Waals surface area contributed by atoms with Gasteiger partial charge in [-0.1, -0.05) is 23.7 Å². The first-order chi connectivity index (χ1) is 15.0. The SMILES string of the molecule is CC(C)(C)OC(=O)N1CCc2c(Cl)cc(F)c(O)c2[C@H]1CN1C(=O)c2ccccc2C1=O. The Balaban J connectivity index is 1.78. The molecule has 1 atom stereocenters. The predicted octanol–water partition coefficient (Wildman–Crippen LogP) is 4.32. The molecule has 2 aliphatic rings. The third-order valence-corrected chi connectivity index (χ3v) is 5.86. The van der Waals surface area contributed by atoms with Gasteiger partial charge in [0, 0.05) is 17.1 Å². The fourth-order valence-corrected chi connectivity index (χ4v) is 4.42. The molecular formula is C23H22ClFN2O5. The van der Waals surface area contributed by atoms with E-state index in [1.165, 1.54) is 4.90 Å².